The molecule has 3 heteroatoms. The molecule has 0 saturated carbocycles. The largest absolute Gasteiger partial charge is 0.497 e. The summed E-state index contributed by atoms with van der Waals surface area (Å²) in [5, 5.41) is 3.52. The monoisotopic (exact) mass is 256 g/mol. The summed E-state index contributed by atoms with van der Waals surface area (Å²) in [6.07, 6.45) is 4.69. The molecule has 100 valence electrons. The van der Waals surface area contributed by atoms with Crippen LogP contribution >= 0.6 is 0 Å². The van der Waals surface area contributed by atoms with Gasteiger partial charge in [-0.2, -0.15) is 0 Å². The molecule has 0 saturated heterocycles. The molecule has 0 aliphatic carbocycles. The summed E-state index contributed by atoms with van der Waals surface area (Å²) in [7, 11) is 1.69. The molecule has 0 amide bonds. The molecule has 1 N–H and O–H groups in total. The van der Waals surface area contributed by atoms with Crippen molar-refractivity contribution in [2.24, 2.45) is 0 Å². The van der Waals surface area contributed by atoms with Crippen LogP contribution in [0, 0.1) is 0 Å². The van der Waals surface area contributed by atoms with E-state index in [0.717, 1.165) is 18.7 Å². The van der Waals surface area contributed by atoms with Gasteiger partial charge >= 0.3 is 0 Å². The van der Waals surface area contributed by atoms with Gasteiger partial charge in [-0.25, -0.2) is 0 Å². The predicted octanol–water partition coefficient (Wildman–Crippen LogP) is 2.98. The quantitative estimate of drug-likeness (QED) is 0.862. The number of methoxy groups -OCH3 is 1. The number of aromatic nitrogens is 1. The second-order valence-corrected chi connectivity index (χ2v) is 4.55. The van der Waals surface area contributed by atoms with Crippen LogP contribution in [0.2, 0.25) is 0 Å². The number of nitrogens with one attached hydrogen (secondary N) is 1. The summed E-state index contributed by atoms with van der Waals surface area (Å²) in [5.41, 5.74) is 2.58. The van der Waals surface area contributed by atoms with Gasteiger partial charge in [0.1, 0.15) is 5.75 Å². The molecule has 0 aliphatic heterocycles. The highest BCUT2D eigenvalue weighted by Crippen LogP contribution is 2.17. The first kappa shape index (κ1) is 13.6. The zero-order valence-electron chi connectivity index (χ0n) is 11.5. The van der Waals surface area contributed by atoms with Crippen molar-refractivity contribution in [3.63, 3.8) is 0 Å². The summed E-state index contributed by atoms with van der Waals surface area (Å²) in [6.45, 7) is 3.13. The Bertz CT molecular complexity index is 482. The van der Waals surface area contributed by atoms with Crippen molar-refractivity contribution in [2.75, 3.05) is 13.7 Å². The standard InChI is InChI=1S/C16H20N2O/c1-13(15-3-5-16(19-2)6-4-15)18-12-9-14-7-10-17-11-8-14/h3-8,10-11,13,18H,9,12H2,1-2H3/t13-/m0/s1. The van der Waals surface area contributed by atoms with Gasteiger partial charge in [0.05, 0.1) is 7.11 Å². The Morgan fingerprint density at radius 1 is 1.11 bits per heavy atom. The number of benzene rings is 1. The van der Waals surface area contributed by atoms with E-state index < -0.39 is 0 Å². The third-order valence-electron chi connectivity index (χ3n) is 3.23. The van der Waals surface area contributed by atoms with Crippen molar-refractivity contribution in [3.05, 3.63) is 59.9 Å². The molecule has 0 bridgehead atoms. The van der Waals surface area contributed by atoms with Crippen molar-refractivity contribution in [3.8, 4) is 5.75 Å². The highest BCUT2D eigenvalue weighted by Gasteiger charge is 2.04. The normalized spacial score (nSPS) is 12.1. The van der Waals surface area contributed by atoms with Crippen molar-refractivity contribution in [1.82, 2.24) is 10.3 Å². The molecule has 1 aromatic heterocycles. The van der Waals surface area contributed by atoms with Crippen LogP contribution < -0.4 is 10.1 Å². The van der Waals surface area contributed by atoms with Gasteiger partial charge in [0.15, 0.2) is 0 Å². The number of hydrogen-bond acceptors (Lipinski definition) is 3. The Hall–Kier alpha value is -1.87. The third kappa shape index (κ3) is 4.07. The Kier molecular flexibility index (Phi) is 4.93. The molecule has 0 aliphatic rings. The van der Waals surface area contributed by atoms with E-state index in [0.29, 0.717) is 6.04 Å². The van der Waals surface area contributed by atoms with Gasteiger partial charge in [0.2, 0.25) is 0 Å². The van der Waals surface area contributed by atoms with E-state index in [4.69, 9.17) is 4.74 Å². The van der Waals surface area contributed by atoms with E-state index in [9.17, 15) is 0 Å². The number of pyridine rings is 1. The number of rotatable bonds is 6. The molecule has 0 radical (unpaired) electrons. The minimum atomic E-state index is 0.341. The van der Waals surface area contributed by atoms with Crippen LogP contribution in [0.1, 0.15) is 24.1 Å². The first-order chi connectivity index (χ1) is 9.29. The minimum Gasteiger partial charge on any atom is -0.497 e. The summed E-state index contributed by atoms with van der Waals surface area (Å²) in [4.78, 5) is 4.02. The molecule has 1 heterocycles. The molecule has 0 fully saturated rings. The van der Waals surface area contributed by atoms with Crippen LogP contribution in [0.25, 0.3) is 0 Å². The van der Waals surface area contributed by atoms with Crippen LogP contribution in [-0.4, -0.2) is 18.6 Å². The van der Waals surface area contributed by atoms with Crippen LogP contribution in [0.15, 0.2) is 48.8 Å². The van der Waals surface area contributed by atoms with E-state index in [1.165, 1.54) is 11.1 Å². The van der Waals surface area contributed by atoms with Gasteiger partial charge in [0, 0.05) is 18.4 Å². The summed E-state index contributed by atoms with van der Waals surface area (Å²) >= 11 is 0. The first-order valence-electron chi connectivity index (χ1n) is 6.56. The highest BCUT2D eigenvalue weighted by molar-refractivity contribution is 5.28. The zero-order chi connectivity index (χ0) is 13.5. The Morgan fingerprint density at radius 3 is 2.42 bits per heavy atom. The molecule has 1 atom stereocenters. The fourth-order valence-corrected chi connectivity index (χ4v) is 1.99. The lowest BCUT2D eigenvalue weighted by Crippen LogP contribution is -2.21. The average Bonchev–Trinajstić information content (AvgIpc) is 2.48. The lowest BCUT2D eigenvalue weighted by molar-refractivity contribution is 0.414. The Morgan fingerprint density at radius 2 is 1.79 bits per heavy atom. The van der Waals surface area contributed by atoms with Crippen LogP contribution in [0.3, 0.4) is 0 Å². The topological polar surface area (TPSA) is 34.1 Å². The second-order valence-electron chi connectivity index (χ2n) is 4.55. The fraction of sp³-hybridized carbons (Fsp3) is 0.312. The molecule has 0 spiro atoms. The summed E-state index contributed by atoms with van der Waals surface area (Å²) < 4.78 is 5.16. The molecular weight excluding hydrogens is 236 g/mol. The van der Waals surface area contributed by atoms with Gasteiger partial charge in [0.25, 0.3) is 0 Å². The maximum absolute atomic E-state index is 5.16. The smallest absolute Gasteiger partial charge is 0.118 e. The minimum absolute atomic E-state index is 0.341. The maximum Gasteiger partial charge on any atom is 0.118 e. The van der Waals surface area contributed by atoms with Gasteiger partial charge in [-0.1, -0.05) is 12.1 Å². The van der Waals surface area contributed by atoms with Gasteiger partial charge in [-0.15, -0.1) is 0 Å². The number of hydrogen-bond donors (Lipinski definition) is 1. The van der Waals surface area contributed by atoms with E-state index in [-0.39, 0.29) is 0 Å². The fourth-order valence-electron chi connectivity index (χ4n) is 1.99. The van der Waals surface area contributed by atoms with E-state index in [1.54, 1.807) is 7.11 Å². The molecule has 2 aromatic rings. The van der Waals surface area contributed by atoms with Crippen molar-refractivity contribution >= 4 is 0 Å². The van der Waals surface area contributed by atoms with E-state index in [1.807, 2.05) is 24.5 Å². The lowest BCUT2D eigenvalue weighted by atomic mass is 10.1. The predicted molar refractivity (Wildman–Crippen MR) is 77.4 cm³/mol. The van der Waals surface area contributed by atoms with Crippen LogP contribution in [0.5, 0.6) is 5.75 Å². The van der Waals surface area contributed by atoms with Crippen molar-refractivity contribution in [2.45, 2.75) is 19.4 Å². The molecular formula is C16H20N2O. The molecule has 3 nitrogen and oxygen atoms in total. The lowest BCUT2D eigenvalue weighted by Gasteiger charge is -2.14. The maximum atomic E-state index is 5.16. The molecule has 2 rings (SSSR count). The SMILES string of the molecule is COc1ccc([C@H](C)NCCc2ccncc2)cc1. The van der Waals surface area contributed by atoms with Gasteiger partial charge in [-0.3, -0.25) is 4.98 Å². The highest BCUT2D eigenvalue weighted by atomic mass is 16.5. The van der Waals surface area contributed by atoms with Crippen LogP contribution in [0.4, 0.5) is 0 Å². The van der Waals surface area contributed by atoms with Crippen molar-refractivity contribution in [1.29, 1.82) is 0 Å². The first-order valence-corrected chi connectivity index (χ1v) is 6.56. The molecule has 0 unspecified atom stereocenters. The summed E-state index contributed by atoms with van der Waals surface area (Å²) in [6, 6.07) is 12.6. The van der Waals surface area contributed by atoms with Gasteiger partial charge < -0.3 is 10.1 Å². The van der Waals surface area contributed by atoms with Gasteiger partial charge in [-0.05, 0) is 55.3 Å². The molecule has 1 aromatic carbocycles. The van der Waals surface area contributed by atoms with Crippen LogP contribution in [-0.2, 0) is 6.42 Å². The summed E-state index contributed by atoms with van der Waals surface area (Å²) in [5.74, 6) is 0.896. The average molecular weight is 256 g/mol. The third-order valence-corrected chi connectivity index (χ3v) is 3.23. The van der Waals surface area contributed by atoms with E-state index >= 15 is 0 Å². The number of ether oxygens (including phenoxy) is 1. The van der Waals surface area contributed by atoms with Crippen molar-refractivity contribution < 1.29 is 4.74 Å². The zero-order valence-corrected chi connectivity index (χ0v) is 11.5. The number of nitrogens with zero attached hydrogens (tertiary/aromatic N) is 1. The molecule has 19 heavy (non-hydrogen) atoms. The second kappa shape index (κ2) is 6.90. The van der Waals surface area contributed by atoms with E-state index in [2.05, 4.69) is 41.5 Å². The Labute approximate surface area is 114 Å². The Balaban J connectivity index is 1.82.